The second kappa shape index (κ2) is 9.09. The van der Waals surface area contributed by atoms with Crippen LogP contribution < -0.4 is 9.46 Å². The van der Waals surface area contributed by atoms with Gasteiger partial charge in [-0.25, -0.2) is 0 Å². The zero-order chi connectivity index (χ0) is 21.9. The van der Waals surface area contributed by atoms with Crippen LogP contribution >= 0.6 is 10.5 Å². The molecule has 0 aromatic heterocycles. The highest BCUT2D eigenvalue weighted by Crippen LogP contribution is 2.47. The van der Waals surface area contributed by atoms with E-state index in [4.69, 9.17) is 0 Å². The first-order valence-electron chi connectivity index (χ1n) is 9.24. The molecule has 1 saturated heterocycles. The maximum atomic E-state index is 13.0. The van der Waals surface area contributed by atoms with Crippen molar-refractivity contribution in [3.8, 4) is 5.75 Å². The van der Waals surface area contributed by atoms with Gasteiger partial charge in [0.25, 0.3) is 0 Å². The molecule has 1 fully saturated rings. The van der Waals surface area contributed by atoms with Gasteiger partial charge in [-0.1, -0.05) is 28.7 Å². The number of nitrogens with one attached hydrogen (secondary N) is 1. The molecule has 1 heterocycles. The van der Waals surface area contributed by atoms with Crippen LogP contribution in [0.5, 0.6) is 5.75 Å². The minimum absolute atomic E-state index is 0.0778. The van der Waals surface area contributed by atoms with Crippen LogP contribution in [0.15, 0.2) is 53.4 Å². The van der Waals surface area contributed by atoms with Gasteiger partial charge in [0.15, 0.2) is 0 Å². The number of benzene rings is 2. The van der Waals surface area contributed by atoms with Crippen LogP contribution in [0.4, 0.5) is 22.0 Å². The first-order valence-corrected chi connectivity index (χ1v) is 11.2. The van der Waals surface area contributed by atoms with Crippen LogP contribution in [0.2, 0.25) is 0 Å². The van der Waals surface area contributed by atoms with Crippen LogP contribution in [0, 0.1) is 0 Å². The number of alkyl halides is 5. The van der Waals surface area contributed by atoms with Gasteiger partial charge in [-0.3, -0.25) is 9.62 Å². The van der Waals surface area contributed by atoms with E-state index in [9.17, 15) is 26.5 Å². The fourth-order valence-corrected chi connectivity index (χ4v) is 5.10. The number of rotatable bonds is 7. The lowest BCUT2D eigenvalue weighted by Crippen LogP contribution is -2.34. The van der Waals surface area contributed by atoms with E-state index in [0.29, 0.717) is 13.1 Å². The smallest absolute Gasteiger partial charge is 0.416 e. The maximum absolute atomic E-state index is 13.0. The highest BCUT2D eigenvalue weighted by molar-refractivity contribution is 8.27. The van der Waals surface area contributed by atoms with E-state index in [2.05, 4.69) is 14.4 Å². The topological polar surface area (TPSA) is 44.7 Å². The molecule has 2 atom stereocenters. The maximum Gasteiger partial charge on any atom is 0.416 e. The average molecular weight is 450 g/mol. The van der Waals surface area contributed by atoms with E-state index >= 15 is 0 Å². The molecule has 166 valence electrons. The Hall–Kier alpha value is -1.88. The lowest BCUT2D eigenvalue weighted by Gasteiger charge is -2.34. The lowest BCUT2D eigenvalue weighted by atomic mass is 10.2. The van der Waals surface area contributed by atoms with Crippen molar-refractivity contribution in [3.63, 3.8) is 0 Å². The number of ether oxygens (including phenoxy) is 1. The van der Waals surface area contributed by atoms with Crippen LogP contribution in [0.25, 0.3) is 0 Å². The van der Waals surface area contributed by atoms with Gasteiger partial charge in [-0.2, -0.15) is 22.0 Å². The van der Waals surface area contributed by atoms with Gasteiger partial charge >= 0.3 is 12.8 Å². The molecule has 0 bridgehead atoms. The van der Waals surface area contributed by atoms with Gasteiger partial charge in [-0.15, -0.1) is 0 Å². The van der Waals surface area contributed by atoms with Crippen molar-refractivity contribution in [2.24, 2.45) is 0 Å². The van der Waals surface area contributed by atoms with Gasteiger partial charge < -0.3 is 9.29 Å². The molecule has 0 saturated carbocycles. The van der Waals surface area contributed by atoms with Crippen molar-refractivity contribution >= 4 is 10.5 Å². The summed E-state index contributed by atoms with van der Waals surface area (Å²) in [5, 5.41) is 0. The molecule has 2 aromatic rings. The molecule has 4 nitrogen and oxygen atoms in total. The van der Waals surface area contributed by atoms with Gasteiger partial charge in [0.05, 0.1) is 5.56 Å². The zero-order valence-electron chi connectivity index (χ0n) is 16.2. The predicted octanol–water partition coefficient (Wildman–Crippen LogP) is 5.35. The molecule has 0 aliphatic carbocycles. The summed E-state index contributed by atoms with van der Waals surface area (Å²) in [6, 6.07) is 11.1. The largest absolute Gasteiger partial charge is 0.435 e. The molecule has 2 N–H and O–H groups in total. The summed E-state index contributed by atoms with van der Waals surface area (Å²) in [4.78, 5) is 2.35. The Kier molecular flexibility index (Phi) is 6.91. The number of nitrogens with zero attached hydrogens (tertiary/aromatic N) is 1. The monoisotopic (exact) mass is 450 g/mol. The third kappa shape index (κ3) is 6.07. The summed E-state index contributed by atoms with van der Waals surface area (Å²) in [7, 11) is -2.60. The third-order valence-corrected chi connectivity index (χ3v) is 6.81. The van der Waals surface area contributed by atoms with E-state index in [0.717, 1.165) is 30.7 Å². The molecule has 10 heteroatoms. The Labute approximate surface area is 173 Å². The molecule has 2 unspecified atom stereocenters. The Morgan fingerprint density at radius 1 is 1.20 bits per heavy atom. The standard InChI is InChI=1S/C20H23F5N2O2S/c1-30(28,18-4-2-3-15(11-18)20(23,24)25)26-16-9-10-27(13-16)12-14-5-7-17(8-6-14)29-19(21)22/h2-8,11,16,19,26,28H,9-10,12-13H2,1H3. The molecular weight excluding hydrogens is 427 g/mol. The first kappa shape index (κ1) is 22.8. The second-order valence-corrected chi connectivity index (χ2v) is 9.72. The number of likely N-dealkylation sites (tertiary alicyclic amines) is 1. The summed E-state index contributed by atoms with van der Waals surface area (Å²) in [5.41, 5.74) is 0.135. The third-order valence-electron chi connectivity index (χ3n) is 4.84. The summed E-state index contributed by atoms with van der Waals surface area (Å²) in [5.74, 6) is 0.0930. The highest BCUT2D eigenvalue weighted by atomic mass is 32.3. The molecule has 0 radical (unpaired) electrons. The molecule has 30 heavy (non-hydrogen) atoms. The Morgan fingerprint density at radius 2 is 1.90 bits per heavy atom. The molecular formula is C20H23F5N2O2S. The van der Waals surface area contributed by atoms with Crippen molar-refractivity contribution < 1.29 is 31.2 Å². The number of halogens is 5. The first-order chi connectivity index (χ1) is 14.0. The van der Waals surface area contributed by atoms with E-state index < -0.39 is 28.8 Å². The van der Waals surface area contributed by atoms with Crippen molar-refractivity contribution in [3.05, 3.63) is 59.7 Å². The van der Waals surface area contributed by atoms with Crippen molar-refractivity contribution in [2.45, 2.75) is 36.7 Å². The predicted molar refractivity (Wildman–Crippen MR) is 106 cm³/mol. The quantitative estimate of drug-likeness (QED) is 0.558. The van der Waals surface area contributed by atoms with Crippen molar-refractivity contribution in [2.75, 3.05) is 19.3 Å². The summed E-state index contributed by atoms with van der Waals surface area (Å²) < 4.78 is 81.6. The average Bonchev–Trinajstić information content (AvgIpc) is 3.08. The highest BCUT2D eigenvalue weighted by Gasteiger charge is 2.33. The van der Waals surface area contributed by atoms with Gasteiger partial charge in [-0.05, 0) is 42.3 Å². The fraction of sp³-hybridized carbons (Fsp3) is 0.400. The normalized spacial score (nSPS) is 20.9. The summed E-state index contributed by atoms with van der Waals surface area (Å²) in [6.07, 6.45) is -2.22. The van der Waals surface area contributed by atoms with Crippen LogP contribution in [-0.2, 0) is 12.7 Å². The number of hydrogen-bond acceptors (Lipinski definition) is 4. The molecule has 2 aromatic carbocycles. The zero-order valence-corrected chi connectivity index (χ0v) is 17.0. The molecule has 1 aliphatic heterocycles. The van der Waals surface area contributed by atoms with Crippen molar-refractivity contribution in [1.29, 1.82) is 0 Å². The Balaban J connectivity index is 1.57. The van der Waals surface area contributed by atoms with E-state index in [-0.39, 0.29) is 16.7 Å². The molecule has 1 aliphatic rings. The molecule has 0 spiro atoms. The molecule has 3 rings (SSSR count). The van der Waals surface area contributed by atoms with Crippen LogP contribution in [-0.4, -0.2) is 41.5 Å². The Bertz CT molecular complexity index is 846. The Morgan fingerprint density at radius 3 is 2.53 bits per heavy atom. The van der Waals surface area contributed by atoms with Gasteiger partial charge in [0.1, 0.15) is 5.75 Å². The van der Waals surface area contributed by atoms with Gasteiger partial charge in [0, 0.05) is 36.8 Å². The van der Waals surface area contributed by atoms with Crippen LogP contribution in [0.3, 0.4) is 0 Å². The van der Waals surface area contributed by atoms with Gasteiger partial charge in [0.2, 0.25) is 0 Å². The second-order valence-electron chi connectivity index (χ2n) is 7.26. The van der Waals surface area contributed by atoms with Crippen molar-refractivity contribution in [1.82, 2.24) is 9.62 Å². The SMILES string of the molecule is CS(O)(NC1CCN(Cc2ccc(OC(F)F)cc2)C1)c1cccc(C(F)(F)F)c1. The molecule has 0 amide bonds. The minimum atomic E-state index is -4.47. The van der Waals surface area contributed by atoms with E-state index in [1.807, 2.05) is 0 Å². The summed E-state index contributed by atoms with van der Waals surface area (Å²) >= 11 is 0. The number of hydrogen-bond donors (Lipinski definition) is 2. The fourth-order valence-electron chi connectivity index (χ4n) is 3.42. The van der Waals surface area contributed by atoms with E-state index in [1.165, 1.54) is 30.5 Å². The summed E-state index contributed by atoms with van der Waals surface area (Å²) in [6.45, 7) is -0.926. The lowest BCUT2D eigenvalue weighted by molar-refractivity contribution is -0.137. The van der Waals surface area contributed by atoms with Crippen LogP contribution in [0.1, 0.15) is 17.5 Å². The van der Waals surface area contributed by atoms with E-state index in [1.54, 1.807) is 12.1 Å². The minimum Gasteiger partial charge on any atom is -0.435 e.